The van der Waals surface area contributed by atoms with Gasteiger partial charge in [0.15, 0.2) is 0 Å². The fraction of sp³-hybridized carbons (Fsp3) is 1.00. The lowest BCUT2D eigenvalue weighted by Crippen LogP contribution is -2.31. The quantitative estimate of drug-likeness (QED) is 0.278. The van der Waals surface area contributed by atoms with Gasteiger partial charge in [-0.25, -0.2) is 0 Å². The van der Waals surface area contributed by atoms with Crippen molar-refractivity contribution in [2.75, 3.05) is 24.7 Å². The Labute approximate surface area is 165 Å². The lowest BCUT2D eigenvalue weighted by atomic mass is 10.3. The fourth-order valence-corrected chi connectivity index (χ4v) is 7.16. The molecule has 2 rings (SSSR count). The summed E-state index contributed by atoms with van der Waals surface area (Å²) in [6.07, 6.45) is -2.50. The summed E-state index contributed by atoms with van der Waals surface area (Å²) in [5, 5.41) is -2.27. The second-order valence-corrected chi connectivity index (χ2v) is 13.8. The van der Waals surface area contributed by atoms with Crippen LogP contribution in [0.3, 0.4) is 0 Å². The van der Waals surface area contributed by atoms with Gasteiger partial charge in [0.2, 0.25) is 0 Å². The van der Waals surface area contributed by atoms with Crippen molar-refractivity contribution < 1.29 is 50.4 Å². The SMILES string of the molecule is CC1C(OS(=O)(=O)CCCCS(=O)(=O)OC2COS(=O)(=O)C2C)COS1(=O)=O. The molecule has 0 spiro atoms. The monoisotopic (exact) mass is 486 g/mol. The molecule has 0 aromatic carbocycles. The van der Waals surface area contributed by atoms with Crippen LogP contribution in [0.4, 0.5) is 0 Å². The minimum Gasteiger partial charge on any atom is -0.267 e. The second kappa shape index (κ2) is 8.41. The molecule has 2 aliphatic heterocycles. The number of unbranched alkanes of at least 4 members (excludes halogenated alkanes) is 1. The van der Waals surface area contributed by atoms with Crippen molar-refractivity contribution in [2.24, 2.45) is 0 Å². The largest absolute Gasteiger partial charge is 0.272 e. The van der Waals surface area contributed by atoms with E-state index in [0.717, 1.165) is 0 Å². The summed E-state index contributed by atoms with van der Waals surface area (Å²) < 4.78 is 112. The summed E-state index contributed by atoms with van der Waals surface area (Å²) in [5.74, 6) is -1.05. The Morgan fingerprint density at radius 1 is 0.750 bits per heavy atom. The summed E-state index contributed by atoms with van der Waals surface area (Å²) in [4.78, 5) is 0. The van der Waals surface area contributed by atoms with E-state index in [1.807, 2.05) is 0 Å². The van der Waals surface area contributed by atoms with E-state index < -0.39 is 87.9 Å². The summed E-state index contributed by atoms with van der Waals surface area (Å²) >= 11 is 0. The number of rotatable bonds is 9. The summed E-state index contributed by atoms with van der Waals surface area (Å²) in [7, 11) is -15.9. The Kier molecular flexibility index (Phi) is 7.18. The van der Waals surface area contributed by atoms with Crippen molar-refractivity contribution in [3.63, 3.8) is 0 Å². The molecule has 4 unspecified atom stereocenters. The van der Waals surface area contributed by atoms with E-state index in [9.17, 15) is 33.7 Å². The third kappa shape index (κ3) is 6.07. The Balaban J connectivity index is 1.78. The minimum absolute atomic E-state index is 0.0886. The maximum atomic E-state index is 11.9. The first-order chi connectivity index (χ1) is 12.7. The molecule has 2 heterocycles. The molecule has 0 aromatic heterocycles. The average Bonchev–Trinajstić information content (AvgIpc) is 2.95. The van der Waals surface area contributed by atoms with Crippen molar-refractivity contribution in [1.82, 2.24) is 0 Å². The fourth-order valence-electron chi connectivity index (χ4n) is 2.42. The number of hydrogen-bond acceptors (Lipinski definition) is 12. The van der Waals surface area contributed by atoms with Gasteiger partial charge in [0, 0.05) is 0 Å². The molecule has 0 aromatic rings. The average molecular weight is 487 g/mol. The van der Waals surface area contributed by atoms with Crippen LogP contribution < -0.4 is 0 Å². The van der Waals surface area contributed by atoms with Crippen LogP contribution in [0.5, 0.6) is 0 Å². The van der Waals surface area contributed by atoms with Crippen molar-refractivity contribution in [3.05, 3.63) is 0 Å². The lowest BCUT2D eigenvalue weighted by Gasteiger charge is -2.14. The van der Waals surface area contributed by atoms with Crippen LogP contribution in [-0.2, 0) is 57.2 Å². The van der Waals surface area contributed by atoms with E-state index >= 15 is 0 Å². The zero-order valence-electron chi connectivity index (χ0n) is 15.1. The minimum atomic E-state index is -4.09. The smallest absolute Gasteiger partial charge is 0.267 e. The second-order valence-electron chi connectivity index (χ2n) is 6.46. The van der Waals surface area contributed by atoms with Crippen LogP contribution in [-0.4, -0.2) is 81.1 Å². The highest BCUT2D eigenvalue weighted by atomic mass is 32.2. The molecule has 12 nitrogen and oxygen atoms in total. The predicted octanol–water partition coefficient (Wildman–Crippen LogP) is -1.31. The van der Waals surface area contributed by atoms with E-state index in [1.165, 1.54) is 13.8 Å². The predicted molar refractivity (Wildman–Crippen MR) is 95.2 cm³/mol. The maximum absolute atomic E-state index is 11.9. The van der Waals surface area contributed by atoms with Gasteiger partial charge in [0.05, 0.1) is 24.7 Å². The van der Waals surface area contributed by atoms with Gasteiger partial charge in [0.25, 0.3) is 40.5 Å². The van der Waals surface area contributed by atoms with E-state index in [0.29, 0.717) is 0 Å². The van der Waals surface area contributed by atoms with E-state index in [2.05, 4.69) is 8.37 Å². The van der Waals surface area contributed by atoms with Crippen LogP contribution in [0.2, 0.25) is 0 Å². The van der Waals surface area contributed by atoms with Crippen molar-refractivity contribution in [1.29, 1.82) is 0 Å². The van der Waals surface area contributed by atoms with Crippen LogP contribution in [0.15, 0.2) is 0 Å². The van der Waals surface area contributed by atoms with Gasteiger partial charge in [-0.3, -0.25) is 16.7 Å². The van der Waals surface area contributed by atoms with E-state index in [-0.39, 0.29) is 12.8 Å². The lowest BCUT2D eigenvalue weighted by molar-refractivity contribution is 0.171. The molecular formula is C12H22O12S4. The van der Waals surface area contributed by atoms with Crippen molar-refractivity contribution in [2.45, 2.75) is 49.4 Å². The molecule has 2 saturated heterocycles. The van der Waals surface area contributed by atoms with E-state index in [4.69, 9.17) is 8.37 Å². The van der Waals surface area contributed by atoms with Crippen LogP contribution in [0.25, 0.3) is 0 Å². The molecule has 4 atom stereocenters. The van der Waals surface area contributed by atoms with Crippen molar-refractivity contribution >= 4 is 40.5 Å². The van der Waals surface area contributed by atoms with Gasteiger partial charge in [-0.2, -0.15) is 33.7 Å². The molecule has 166 valence electrons. The molecule has 0 aliphatic carbocycles. The highest BCUT2D eigenvalue weighted by Crippen LogP contribution is 2.24. The summed E-state index contributed by atoms with van der Waals surface area (Å²) in [5.41, 5.74) is 0. The first-order valence-corrected chi connectivity index (χ1v) is 14.3. The Hall–Kier alpha value is -0.360. The normalized spacial score (nSPS) is 32.5. The Morgan fingerprint density at radius 3 is 1.32 bits per heavy atom. The number of hydrogen-bond donors (Lipinski definition) is 0. The van der Waals surface area contributed by atoms with Crippen LogP contribution in [0.1, 0.15) is 26.7 Å². The van der Waals surface area contributed by atoms with Gasteiger partial charge >= 0.3 is 0 Å². The standard InChI is InChI=1S/C12H22O12S4/c1-9-11(7-21-27(9,17)18)23-25(13,14)5-3-4-6-26(15,16)24-12-8-22-28(19,20)10(12)2/h9-12H,3-8H2,1-2H3. The van der Waals surface area contributed by atoms with Gasteiger partial charge in [-0.05, 0) is 26.7 Å². The molecule has 0 saturated carbocycles. The molecule has 0 radical (unpaired) electrons. The Bertz CT molecular complexity index is 897. The van der Waals surface area contributed by atoms with E-state index in [1.54, 1.807) is 0 Å². The van der Waals surface area contributed by atoms with Gasteiger partial charge in [-0.1, -0.05) is 0 Å². The highest BCUT2D eigenvalue weighted by Gasteiger charge is 2.42. The zero-order valence-corrected chi connectivity index (χ0v) is 18.4. The summed E-state index contributed by atoms with van der Waals surface area (Å²) in [6.45, 7) is 1.71. The van der Waals surface area contributed by atoms with Gasteiger partial charge < -0.3 is 0 Å². The molecule has 0 N–H and O–H groups in total. The van der Waals surface area contributed by atoms with Gasteiger partial charge in [-0.15, -0.1) is 0 Å². The van der Waals surface area contributed by atoms with Gasteiger partial charge in [0.1, 0.15) is 22.7 Å². The third-order valence-corrected chi connectivity index (χ3v) is 10.3. The Morgan fingerprint density at radius 2 is 1.07 bits per heavy atom. The zero-order chi connectivity index (χ0) is 21.4. The molecule has 2 fully saturated rings. The molecule has 0 amide bonds. The van der Waals surface area contributed by atoms with Crippen molar-refractivity contribution in [3.8, 4) is 0 Å². The molecule has 16 heteroatoms. The first-order valence-electron chi connectivity index (χ1n) is 8.24. The molecule has 28 heavy (non-hydrogen) atoms. The third-order valence-electron chi connectivity index (χ3n) is 4.33. The molecular weight excluding hydrogens is 464 g/mol. The highest BCUT2D eigenvalue weighted by molar-refractivity contribution is 7.88. The molecule has 2 aliphatic rings. The molecule has 0 bridgehead atoms. The first kappa shape index (κ1) is 23.9. The van der Waals surface area contributed by atoms with Crippen LogP contribution >= 0.6 is 0 Å². The topological polar surface area (TPSA) is 173 Å². The maximum Gasteiger partial charge on any atom is 0.272 e. The van der Waals surface area contributed by atoms with Crippen LogP contribution in [0, 0.1) is 0 Å². The summed E-state index contributed by atoms with van der Waals surface area (Å²) in [6, 6.07) is 0.